The zero-order valence-corrected chi connectivity index (χ0v) is 11.1. The van der Waals surface area contributed by atoms with E-state index in [0.29, 0.717) is 0 Å². The average molecular weight is 283 g/mol. The molecule has 0 aromatic heterocycles. The van der Waals surface area contributed by atoms with Crippen LogP contribution in [0.25, 0.3) is 0 Å². The first-order chi connectivity index (χ1) is 7.79. The summed E-state index contributed by atoms with van der Waals surface area (Å²) in [6.45, 7) is 3.14. The van der Waals surface area contributed by atoms with Gasteiger partial charge in [-0.15, -0.1) is 0 Å². The lowest BCUT2D eigenvalue weighted by Gasteiger charge is -2.23. The molecule has 0 bridgehead atoms. The van der Waals surface area contributed by atoms with Crippen molar-refractivity contribution in [3.8, 4) is 0 Å². The molecule has 0 spiro atoms. The molecule has 1 aliphatic heterocycles. The summed E-state index contributed by atoms with van der Waals surface area (Å²) >= 11 is 3.53. The van der Waals surface area contributed by atoms with Gasteiger partial charge in [0.2, 0.25) is 0 Å². The third-order valence-electron chi connectivity index (χ3n) is 3.35. The summed E-state index contributed by atoms with van der Waals surface area (Å²) < 4.78 is 1.16. The Kier molecular flexibility index (Phi) is 4.24. The smallest absolute Gasteiger partial charge is 0.0377 e. The molecule has 1 atom stereocenters. The van der Waals surface area contributed by atoms with Crippen LogP contribution >= 0.6 is 15.9 Å². The predicted octanol–water partition coefficient (Wildman–Crippen LogP) is 3.01. The van der Waals surface area contributed by atoms with Crippen molar-refractivity contribution in [1.29, 1.82) is 0 Å². The van der Waals surface area contributed by atoms with Crippen molar-refractivity contribution in [3.05, 3.63) is 28.7 Å². The molecule has 2 nitrogen and oxygen atoms in total. The Labute approximate surface area is 106 Å². The molecular weight excluding hydrogens is 264 g/mol. The molecule has 0 radical (unpaired) electrons. The van der Waals surface area contributed by atoms with Crippen LogP contribution in [-0.2, 0) is 0 Å². The molecule has 1 aromatic carbocycles. The molecule has 0 amide bonds. The molecule has 88 valence electrons. The van der Waals surface area contributed by atoms with Crippen LogP contribution in [-0.4, -0.2) is 19.6 Å². The fraction of sp³-hybridized carbons (Fsp3) is 0.538. The third kappa shape index (κ3) is 2.98. The summed E-state index contributed by atoms with van der Waals surface area (Å²) in [4.78, 5) is 2.47. The van der Waals surface area contributed by atoms with Crippen LogP contribution in [0.1, 0.15) is 19.3 Å². The van der Waals surface area contributed by atoms with Crippen molar-refractivity contribution in [2.75, 3.05) is 24.5 Å². The number of hydrogen-bond donors (Lipinski definition) is 1. The highest BCUT2D eigenvalue weighted by molar-refractivity contribution is 9.10. The van der Waals surface area contributed by atoms with Crippen molar-refractivity contribution in [2.24, 2.45) is 11.7 Å². The van der Waals surface area contributed by atoms with E-state index in [4.69, 9.17) is 5.73 Å². The van der Waals surface area contributed by atoms with Crippen molar-refractivity contribution in [1.82, 2.24) is 0 Å². The minimum Gasteiger partial charge on any atom is -0.371 e. The molecule has 16 heavy (non-hydrogen) atoms. The lowest BCUT2D eigenvalue weighted by atomic mass is 10.0. The van der Waals surface area contributed by atoms with Crippen LogP contribution in [0.3, 0.4) is 0 Å². The van der Waals surface area contributed by atoms with Crippen LogP contribution in [0, 0.1) is 5.92 Å². The summed E-state index contributed by atoms with van der Waals surface area (Å²) in [7, 11) is 0. The zero-order chi connectivity index (χ0) is 11.4. The van der Waals surface area contributed by atoms with Crippen LogP contribution in [0.5, 0.6) is 0 Å². The van der Waals surface area contributed by atoms with Crippen LogP contribution in [0.2, 0.25) is 0 Å². The topological polar surface area (TPSA) is 29.3 Å². The van der Waals surface area contributed by atoms with Crippen molar-refractivity contribution < 1.29 is 0 Å². The minimum absolute atomic E-state index is 0.720. The second-order valence-electron chi connectivity index (χ2n) is 4.50. The molecule has 1 unspecified atom stereocenters. The van der Waals surface area contributed by atoms with Gasteiger partial charge in [0.15, 0.2) is 0 Å². The van der Waals surface area contributed by atoms with E-state index < -0.39 is 0 Å². The van der Waals surface area contributed by atoms with Gasteiger partial charge in [0, 0.05) is 23.2 Å². The first kappa shape index (κ1) is 11.9. The molecule has 2 N–H and O–H groups in total. The minimum atomic E-state index is 0.720. The normalized spacial score (nSPS) is 21.9. The van der Waals surface area contributed by atoms with E-state index in [-0.39, 0.29) is 0 Å². The maximum Gasteiger partial charge on any atom is 0.0377 e. The lowest BCUT2D eigenvalue weighted by molar-refractivity contribution is 0.485. The number of rotatable bonds is 2. The van der Waals surface area contributed by atoms with E-state index in [2.05, 4.69) is 45.1 Å². The van der Waals surface area contributed by atoms with E-state index in [1.54, 1.807) is 0 Å². The van der Waals surface area contributed by atoms with Crippen LogP contribution in [0.15, 0.2) is 28.7 Å². The Morgan fingerprint density at radius 3 is 2.94 bits per heavy atom. The van der Waals surface area contributed by atoms with Gasteiger partial charge in [0.1, 0.15) is 0 Å². The molecule has 1 aromatic rings. The van der Waals surface area contributed by atoms with E-state index in [1.165, 1.54) is 24.9 Å². The van der Waals surface area contributed by atoms with Crippen LogP contribution in [0.4, 0.5) is 5.69 Å². The molecule has 1 fully saturated rings. The van der Waals surface area contributed by atoms with Gasteiger partial charge >= 0.3 is 0 Å². The summed E-state index contributed by atoms with van der Waals surface area (Å²) in [6.07, 6.45) is 3.76. The number of nitrogens with two attached hydrogens (primary N) is 1. The molecule has 0 aliphatic carbocycles. The van der Waals surface area contributed by atoms with Crippen LogP contribution < -0.4 is 10.6 Å². The summed E-state index contributed by atoms with van der Waals surface area (Å²) in [5, 5.41) is 0. The fourth-order valence-electron chi connectivity index (χ4n) is 2.33. The monoisotopic (exact) mass is 282 g/mol. The van der Waals surface area contributed by atoms with E-state index >= 15 is 0 Å². The van der Waals surface area contributed by atoms with E-state index in [9.17, 15) is 0 Å². The summed E-state index contributed by atoms with van der Waals surface area (Å²) in [5.74, 6) is 0.720. The van der Waals surface area contributed by atoms with E-state index in [1.807, 2.05) is 0 Å². The van der Waals surface area contributed by atoms with Gasteiger partial charge in [-0.2, -0.15) is 0 Å². The van der Waals surface area contributed by atoms with Crippen molar-refractivity contribution in [3.63, 3.8) is 0 Å². The van der Waals surface area contributed by atoms with Gasteiger partial charge in [-0.1, -0.05) is 22.0 Å². The quantitative estimate of drug-likeness (QED) is 0.904. The number of anilines is 1. The van der Waals surface area contributed by atoms with Crippen molar-refractivity contribution >= 4 is 21.6 Å². The van der Waals surface area contributed by atoms with Gasteiger partial charge in [-0.05, 0) is 49.9 Å². The third-order valence-corrected chi connectivity index (χ3v) is 3.85. The number of halogens is 1. The first-order valence-corrected chi connectivity index (χ1v) is 6.79. The highest BCUT2D eigenvalue weighted by Crippen LogP contribution is 2.24. The number of hydrogen-bond acceptors (Lipinski definition) is 2. The molecule has 3 heteroatoms. The maximum absolute atomic E-state index is 5.75. The van der Waals surface area contributed by atoms with Gasteiger partial charge in [-0.3, -0.25) is 0 Å². The SMILES string of the molecule is NCC1CCCN(c2cccc(Br)c2)CC1. The number of nitrogens with zero attached hydrogens (tertiary/aromatic N) is 1. The first-order valence-electron chi connectivity index (χ1n) is 6.00. The maximum atomic E-state index is 5.75. The molecule has 1 heterocycles. The second kappa shape index (κ2) is 5.69. The molecule has 0 saturated carbocycles. The molecule has 1 aliphatic rings. The molecule has 2 rings (SSSR count). The molecule has 1 saturated heterocycles. The van der Waals surface area contributed by atoms with Crippen molar-refractivity contribution in [2.45, 2.75) is 19.3 Å². The van der Waals surface area contributed by atoms with Gasteiger partial charge in [-0.25, -0.2) is 0 Å². The summed E-state index contributed by atoms with van der Waals surface area (Å²) in [6, 6.07) is 8.56. The highest BCUT2D eigenvalue weighted by Gasteiger charge is 2.16. The van der Waals surface area contributed by atoms with E-state index in [0.717, 1.165) is 30.0 Å². The van der Waals surface area contributed by atoms with Gasteiger partial charge in [0.25, 0.3) is 0 Å². The Morgan fingerprint density at radius 1 is 1.31 bits per heavy atom. The van der Waals surface area contributed by atoms with Gasteiger partial charge < -0.3 is 10.6 Å². The largest absolute Gasteiger partial charge is 0.371 e. The predicted molar refractivity (Wildman–Crippen MR) is 72.8 cm³/mol. The Hall–Kier alpha value is -0.540. The zero-order valence-electron chi connectivity index (χ0n) is 9.53. The highest BCUT2D eigenvalue weighted by atomic mass is 79.9. The molecular formula is C13H19BrN2. The Balaban J connectivity index is 2.04. The second-order valence-corrected chi connectivity index (χ2v) is 5.42. The average Bonchev–Trinajstić information content (AvgIpc) is 2.54. The standard InChI is InChI=1S/C13H19BrN2/c14-12-4-1-5-13(9-12)16-7-2-3-11(10-15)6-8-16/h1,4-5,9,11H,2-3,6-8,10,15H2. The number of benzene rings is 1. The Morgan fingerprint density at radius 2 is 2.19 bits per heavy atom. The lowest BCUT2D eigenvalue weighted by Crippen LogP contribution is -2.24. The fourth-order valence-corrected chi connectivity index (χ4v) is 2.72. The Bertz CT molecular complexity index is 340. The van der Waals surface area contributed by atoms with Gasteiger partial charge in [0.05, 0.1) is 0 Å². The summed E-state index contributed by atoms with van der Waals surface area (Å²) in [5.41, 5.74) is 7.08.